The fraction of sp³-hybridized carbons (Fsp3) is 0.395. The van der Waals surface area contributed by atoms with E-state index in [0.29, 0.717) is 12.0 Å². The van der Waals surface area contributed by atoms with Crippen LogP contribution in [0.5, 0.6) is 0 Å². The molecule has 3 aromatic carbocycles. The summed E-state index contributed by atoms with van der Waals surface area (Å²) in [6.07, 6.45) is 0.914. The molecule has 4 aromatic rings. The molecule has 0 saturated carbocycles. The van der Waals surface area contributed by atoms with Crippen LogP contribution in [0.2, 0.25) is 0 Å². The normalized spacial score (nSPS) is 18.7. The van der Waals surface area contributed by atoms with E-state index in [1.54, 1.807) is 6.92 Å². The Morgan fingerprint density at radius 3 is 1.96 bits per heavy atom. The van der Waals surface area contributed by atoms with Gasteiger partial charge in [-0.05, 0) is 0 Å². The molecule has 5 rings (SSSR count). The van der Waals surface area contributed by atoms with Crippen molar-refractivity contribution in [2.24, 2.45) is 0 Å². The van der Waals surface area contributed by atoms with Gasteiger partial charge in [0.15, 0.2) is 0 Å². The molecule has 0 radical (unpaired) electrons. The molecule has 0 spiro atoms. The van der Waals surface area contributed by atoms with Gasteiger partial charge in [-0.25, -0.2) is 0 Å². The van der Waals surface area contributed by atoms with Crippen molar-refractivity contribution in [3.63, 3.8) is 0 Å². The maximum atomic E-state index is 13.1. The molecule has 0 amide bonds. The molecule has 2 heterocycles. The van der Waals surface area contributed by atoms with Crippen LogP contribution in [0, 0.1) is 18.3 Å². The van der Waals surface area contributed by atoms with Crippen molar-refractivity contribution in [3.05, 3.63) is 140 Å². The fourth-order valence-corrected chi connectivity index (χ4v) is 10.2. The number of nitrogens with zero attached hydrogens (tertiary/aromatic N) is 3. The van der Waals surface area contributed by atoms with E-state index in [1.807, 2.05) is 87.0 Å². The van der Waals surface area contributed by atoms with Crippen LogP contribution in [0.15, 0.2) is 107 Å². The first-order valence-electron chi connectivity index (χ1n) is 16.9. The SMILES string of the molecule is Cc1cn([C@H]2C[C@H](NC(c3ccccc3)(c3ccccc3)c3ccccc3)[C@@H](CO[PH](O)(CCC#N)N(C(C)C)C(C)C)O2)c(=O)[nH]c1=O. The van der Waals surface area contributed by atoms with Gasteiger partial charge in [-0.3, -0.25) is 0 Å². The summed E-state index contributed by atoms with van der Waals surface area (Å²) in [5.74, 6) is 0. The van der Waals surface area contributed by atoms with Gasteiger partial charge in [0.1, 0.15) is 0 Å². The average Bonchev–Trinajstić information content (AvgIpc) is 3.50. The summed E-state index contributed by atoms with van der Waals surface area (Å²) >= 11 is 0. The van der Waals surface area contributed by atoms with Crippen LogP contribution in [-0.4, -0.2) is 56.1 Å². The van der Waals surface area contributed by atoms with Gasteiger partial charge in [-0.1, -0.05) is 0 Å². The summed E-state index contributed by atoms with van der Waals surface area (Å²) in [5.41, 5.74) is 1.58. The van der Waals surface area contributed by atoms with Gasteiger partial charge in [-0.15, -0.1) is 0 Å². The van der Waals surface area contributed by atoms with E-state index < -0.39 is 43.0 Å². The molecule has 0 unspecified atom stereocenters. The molecule has 10 nitrogen and oxygen atoms in total. The number of H-pyrrole nitrogens is 1. The standard InChI is InChI=1S/C38H48N5O5P/c1-27(2)43(28(3)4)49(46,23-15-22-39)47-26-34-33(24-35(48-34)42-25-29(5)36(44)40-37(42)45)41-38(30-16-9-6-10-17-30,31-18-11-7-12-19-31)32-20-13-8-14-21-32/h6-14,16-21,25,27-28,33-35,41,46,49H,15,23-24,26H2,1-5H3,(H,40,44,45)/t33-,34+,35+/m0/s1. The molecule has 3 atom stereocenters. The van der Waals surface area contributed by atoms with E-state index in [4.69, 9.17) is 9.26 Å². The van der Waals surface area contributed by atoms with Gasteiger partial charge < -0.3 is 0 Å². The van der Waals surface area contributed by atoms with Crippen molar-refractivity contribution in [3.8, 4) is 6.07 Å². The summed E-state index contributed by atoms with van der Waals surface area (Å²) in [5, 5.41) is 13.5. The van der Waals surface area contributed by atoms with Crippen LogP contribution in [0.4, 0.5) is 0 Å². The third-order valence-electron chi connectivity index (χ3n) is 9.27. The Kier molecular flexibility index (Phi) is 11.7. The molecule has 1 fully saturated rings. The van der Waals surface area contributed by atoms with Crippen molar-refractivity contribution < 1.29 is 14.2 Å². The molecule has 0 bridgehead atoms. The average molecular weight is 686 g/mol. The van der Waals surface area contributed by atoms with E-state index in [-0.39, 0.29) is 31.3 Å². The van der Waals surface area contributed by atoms with Crippen LogP contribution in [0.3, 0.4) is 0 Å². The Bertz CT molecular complexity index is 1720. The second-order valence-electron chi connectivity index (χ2n) is 13.2. The van der Waals surface area contributed by atoms with Gasteiger partial charge in [0.2, 0.25) is 0 Å². The van der Waals surface area contributed by atoms with Crippen molar-refractivity contribution in [1.82, 2.24) is 19.5 Å². The summed E-state index contributed by atoms with van der Waals surface area (Å²) in [4.78, 5) is 40.0. The predicted octanol–water partition coefficient (Wildman–Crippen LogP) is 5.62. The molecule has 260 valence electrons. The monoisotopic (exact) mass is 685 g/mol. The molecular weight excluding hydrogens is 637 g/mol. The second-order valence-corrected chi connectivity index (χ2v) is 16.0. The minimum absolute atomic E-state index is 0.0177. The van der Waals surface area contributed by atoms with E-state index in [1.165, 1.54) is 10.8 Å². The van der Waals surface area contributed by atoms with E-state index in [2.05, 4.69) is 52.8 Å². The molecule has 0 aliphatic carbocycles. The molecule has 1 aliphatic heterocycles. The fourth-order valence-electron chi connectivity index (χ4n) is 7.21. The Hall–Kier alpha value is -3.94. The van der Waals surface area contributed by atoms with Crippen LogP contribution >= 0.6 is 7.87 Å². The van der Waals surface area contributed by atoms with E-state index >= 15 is 0 Å². The van der Waals surface area contributed by atoms with Crippen LogP contribution in [-0.2, 0) is 14.8 Å². The van der Waals surface area contributed by atoms with Gasteiger partial charge >= 0.3 is 289 Å². The molecule has 1 aromatic heterocycles. The van der Waals surface area contributed by atoms with Crippen LogP contribution in [0.1, 0.15) is 69.0 Å². The molecule has 11 heteroatoms. The Morgan fingerprint density at radius 1 is 0.980 bits per heavy atom. The van der Waals surface area contributed by atoms with Gasteiger partial charge in [0.25, 0.3) is 0 Å². The van der Waals surface area contributed by atoms with Gasteiger partial charge in [0, 0.05) is 0 Å². The molecule has 1 aliphatic rings. The number of aromatic nitrogens is 2. The molecular formula is C38H48N5O5P. The Labute approximate surface area is 288 Å². The molecule has 49 heavy (non-hydrogen) atoms. The number of hydrogen-bond donors (Lipinski definition) is 3. The van der Waals surface area contributed by atoms with Crippen molar-refractivity contribution >= 4 is 7.87 Å². The first-order chi connectivity index (χ1) is 23.5. The molecule has 1 saturated heterocycles. The third-order valence-corrected chi connectivity index (χ3v) is 12.6. The van der Waals surface area contributed by atoms with Gasteiger partial charge in [-0.2, -0.15) is 0 Å². The number of benzene rings is 3. The number of hydrogen-bond acceptors (Lipinski definition) is 8. The summed E-state index contributed by atoms with van der Waals surface area (Å²) < 4.78 is 16.7. The van der Waals surface area contributed by atoms with Gasteiger partial charge in [0.05, 0.1) is 0 Å². The number of rotatable bonds is 14. The Balaban J connectivity index is 1.62. The quantitative estimate of drug-likeness (QED) is 0.115. The molecule has 3 N–H and O–H groups in total. The zero-order chi connectivity index (χ0) is 35.2. The van der Waals surface area contributed by atoms with Crippen LogP contribution < -0.4 is 16.6 Å². The maximum absolute atomic E-state index is 13.1. The van der Waals surface area contributed by atoms with E-state index in [0.717, 1.165) is 16.7 Å². The summed E-state index contributed by atoms with van der Waals surface area (Å²) in [6, 6.07) is 32.4. The Morgan fingerprint density at radius 2 is 1.49 bits per heavy atom. The summed E-state index contributed by atoms with van der Waals surface area (Å²) in [7, 11) is -3.62. The van der Waals surface area contributed by atoms with Crippen LogP contribution in [0.25, 0.3) is 0 Å². The number of aromatic amines is 1. The van der Waals surface area contributed by atoms with Crippen molar-refractivity contribution in [2.75, 3.05) is 12.8 Å². The van der Waals surface area contributed by atoms with Crippen molar-refractivity contribution in [1.29, 1.82) is 5.26 Å². The van der Waals surface area contributed by atoms with Crippen molar-refractivity contribution in [2.45, 2.75) is 83.5 Å². The topological polar surface area (TPSA) is 133 Å². The zero-order valence-electron chi connectivity index (χ0n) is 28.9. The first-order valence-corrected chi connectivity index (χ1v) is 18.9. The minimum atomic E-state index is -3.62. The second kappa shape index (κ2) is 15.7. The number of ether oxygens (including phenoxy) is 1. The predicted molar refractivity (Wildman–Crippen MR) is 194 cm³/mol. The number of nitriles is 1. The first kappa shape index (κ1) is 36.3. The third kappa shape index (κ3) is 7.79. The zero-order valence-corrected chi connectivity index (χ0v) is 29.9. The summed E-state index contributed by atoms with van der Waals surface area (Å²) in [6.45, 7) is 9.72. The number of nitrogens with one attached hydrogen (secondary N) is 2. The number of aryl methyl sites for hydroxylation is 1. The van der Waals surface area contributed by atoms with E-state index in [9.17, 15) is 19.7 Å².